The number of aromatic nitrogens is 1. The quantitative estimate of drug-likeness (QED) is 0.839. The van der Waals surface area contributed by atoms with Crippen LogP contribution in [-0.4, -0.2) is 4.98 Å². The molecular weight excluding hydrogens is 300 g/mol. The molecule has 2 aromatic rings. The summed E-state index contributed by atoms with van der Waals surface area (Å²) in [5, 5.41) is 9.61. The Morgan fingerprint density at radius 3 is 2.76 bits per heavy atom. The van der Waals surface area contributed by atoms with Crippen molar-refractivity contribution in [2.75, 3.05) is 0 Å². The van der Waals surface area contributed by atoms with Gasteiger partial charge in [-0.25, -0.2) is 4.98 Å². The van der Waals surface area contributed by atoms with Gasteiger partial charge in [0.25, 0.3) is 5.22 Å². The van der Waals surface area contributed by atoms with Gasteiger partial charge in [-0.3, -0.25) is 0 Å². The highest BCUT2D eigenvalue weighted by atomic mass is 79.9. The van der Waals surface area contributed by atoms with Gasteiger partial charge in [0, 0.05) is 9.37 Å². The Bertz CT molecular complexity index is 582. The highest BCUT2D eigenvalue weighted by Gasteiger charge is 2.10. The standard InChI is InChI=1S/C12H9BrN2OS/c1-7-8(2)16-12(15-7)17-11-4-3-10(13)5-9(11)6-14/h3-5H,1-2H3. The van der Waals surface area contributed by atoms with E-state index >= 15 is 0 Å². The van der Waals surface area contributed by atoms with Crippen LogP contribution in [0.25, 0.3) is 0 Å². The van der Waals surface area contributed by atoms with E-state index in [-0.39, 0.29) is 0 Å². The Morgan fingerprint density at radius 1 is 1.41 bits per heavy atom. The zero-order valence-corrected chi connectivity index (χ0v) is 11.7. The number of aryl methyl sites for hydroxylation is 2. The van der Waals surface area contributed by atoms with Gasteiger partial charge in [0.2, 0.25) is 0 Å². The molecule has 0 aliphatic rings. The van der Waals surface area contributed by atoms with Crippen LogP contribution in [0.4, 0.5) is 0 Å². The number of nitrogens with zero attached hydrogens (tertiary/aromatic N) is 2. The largest absolute Gasteiger partial charge is 0.436 e. The van der Waals surface area contributed by atoms with Gasteiger partial charge in [-0.1, -0.05) is 15.9 Å². The van der Waals surface area contributed by atoms with Gasteiger partial charge in [0.1, 0.15) is 11.8 Å². The second-order valence-corrected chi connectivity index (χ2v) is 5.38. The van der Waals surface area contributed by atoms with Gasteiger partial charge in [0.05, 0.1) is 11.3 Å². The summed E-state index contributed by atoms with van der Waals surface area (Å²) in [5.41, 5.74) is 1.49. The third-order valence-electron chi connectivity index (χ3n) is 2.27. The number of hydrogen-bond donors (Lipinski definition) is 0. The number of halogens is 1. The molecule has 2 rings (SSSR count). The molecule has 1 heterocycles. The van der Waals surface area contributed by atoms with E-state index in [0.717, 1.165) is 20.8 Å². The molecule has 0 aliphatic carbocycles. The van der Waals surface area contributed by atoms with Gasteiger partial charge < -0.3 is 4.42 Å². The molecule has 0 saturated carbocycles. The van der Waals surface area contributed by atoms with E-state index in [4.69, 9.17) is 9.68 Å². The van der Waals surface area contributed by atoms with E-state index in [1.165, 1.54) is 11.8 Å². The van der Waals surface area contributed by atoms with Crippen molar-refractivity contribution in [3.05, 3.63) is 39.7 Å². The van der Waals surface area contributed by atoms with Crippen molar-refractivity contribution in [1.82, 2.24) is 4.98 Å². The summed E-state index contributed by atoms with van der Waals surface area (Å²) in [7, 11) is 0. The summed E-state index contributed by atoms with van der Waals surface area (Å²) in [6.07, 6.45) is 0. The zero-order chi connectivity index (χ0) is 12.4. The minimum absolute atomic E-state index is 0.568. The van der Waals surface area contributed by atoms with E-state index in [1.54, 1.807) is 6.07 Å². The molecule has 0 N–H and O–H groups in total. The molecular formula is C12H9BrN2OS. The van der Waals surface area contributed by atoms with E-state index in [2.05, 4.69) is 27.0 Å². The second-order valence-electron chi connectivity index (χ2n) is 3.48. The molecule has 0 bridgehead atoms. The Balaban J connectivity index is 2.33. The third-order valence-corrected chi connectivity index (χ3v) is 3.69. The van der Waals surface area contributed by atoms with Gasteiger partial charge >= 0.3 is 0 Å². The van der Waals surface area contributed by atoms with Crippen molar-refractivity contribution in [3.63, 3.8) is 0 Å². The van der Waals surface area contributed by atoms with Crippen LogP contribution in [0.2, 0.25) is 0 Å². The number of nitriles is 1. The molecule has 0 aliphatic heterocycles. The Morgan fingerprint density at radius 2 is 2.18 bits per heavy atom. The lowest BCUT2D eigenvalue weighted by Gasteiger charge is -2.00. The first-order chi connectivity index (χ1) is 8.10. The van der Waals surface area contributed by atoms with Crippen molar-refractivity contribution < 1.29 is 4.42 Å². The molecule has 17 heavy (non-hydrogen) atoms. The van der Waals surface area contributed by atoms with Crippen molar-refractivity contribution in [1.29, 1.82) is 5.26 Å². The Labute approximate surface area is 112 Å². The molecule has 1 aromatic carbocycles. The maximum absolute atomic E-state index is 9.05. The lowest BCUT2D eigenvalue weighted by atomic mass is 10.2. The van der Waals surface area contributed by atoms with Crippen molar-refractivity contribution in [3.8, 4) is 6.07 Å². The van der Waals surface area contributed by atoms with E-state index < -0.39 is 0 Å². The molecule has 1 aromatic heterocycles. The van der Waals surface area contributed by atoms with Gasteiger partial charge in [-0.2, -0.15) is 5.26 Å². The minimum Gasteiger partial charge on any atom is -0.436 e. The molecule has 5 heteroatoms. The van der Waals surface area contributed by atoms with Crippen LogP contribution in [0.3, 0.4) is 0 Å². The Kier molecular flexibility index (Phi) is 3.55. The summed E-state index contributed by atoms with van der Waals surface area (Å²) >= 11 is 4.70. The summed E-state index contributed by atoms with van der Waals surface area (Å²) in [5.74, 6) is 0.808. The van der Waals surface area contributed by atoms with E-state index in [1.807, 2.05) is 26.0 Å². The molecule has 0 unspecified atom stereocenters. The summed E-state index contributed by atoms with van der Waals surface area (Å²) in [6.45, 7) is 3.77. The molecule has 0 radical (unpaired) electrons. The van der Waals surface area contributed by atoms with Crippen LogP contribution in [0.5, 0.6) is 0 Å². The third kappa shape index (κ3) is 2.71. The summed E-state index contributed by atoms with van der Waals surface area (Å²) < 4.78 is 6.37. The average Bonchev–Trinajstić information content (AvgIpc) is 2.60. The number of rotatable bonds is 2. The molecule has 0 spiro atoms. The first-order valence-corrected chi connectivity index (χ1v) is 6.52. The molecule has 0 amide bonds. The van der Waals surface area contributed by atoms with Crippen LogP contribution in [-0.2, 0) is 0 Å². The molecule has 3 nitrogen and oxygen atoms in total. The fourth-order valence-corrected chi connectivity index (χ4v) is 2.51. The summed E-state index contributed by atoms with van der Waals surface area (Å²) in [4.78, 5) is 5.12. The van der Waals surface area contributed by atoms with Gasteiger partial charge in [0.15, 0.2) is 0 Å². The first kappa shape index (κ1) is 12.2. The van der Waals surface area contributed by atoms with Gasteiger partial charge in [-0.15, -0.1) is 0 Å². The fraction of sp³-hybridized carbons (Fsp3) is 0.167. The van der Waals surface area contributed by atoms with Crippen LogP contribution < -0.4 is 0 Å². The molecule has 0 atom stereocenters. The van der Waals surface area contributed by atoms with Crippen molar-refractivity contribution >= 4 is 27.7 Å². The minimum atomic E-state index is 0.568. The highest BCUT2D eigenvalue weighted by Crippen LogP contribution is 2.32. The molecule has 0 fully saturated rings. The topological polar surface area (TPSA) is 49.8 Å². The lowest BCUT2D eigenvalue weighted by molar-refractivity contribution is 0.431. The zero-order valence-electron chi connectivity index (χ0n) is 9.32. The average molecular weight is 309 g/mol. The van der Waals surface area contributed by atoms with Crippen LogP contribution in [0.15, 0.2) is 37.2 Å². The predicted octanol–water partition coefficient (Wildman–Crippen LogP) is 4.08. The first-order valence-electron chi connectivity index (χ1n) is 4.91. The maximum Gasteiger partial charge on any atom is 0.261 e. The second kappa shape index (κ2) is 4.94. The van der Waals surface area contributed by atoms with Crippen LogP contribution in [0, 0.1) is 25.2 Å². The van der Waals surface area contributed by atoms with E-state index in [9.17, 15) is 0 Å². The predicted molar refractivity (Wildman–Crippen MR) is 69.0 cm³/mol. The number of benzene rings is 1. The number of oxazole rings is 1. The Hall–Kier alpha value is -1.25. The normalized spacial score (nSPS) is 10.2. The van der Waals surface area contributed by atoms with Crippen LogP contribution >= 0.6 is 27.7 Å². The molecule has 0 saturated heterocycles. The number of hydrogen-bond acceptors (Lipinski definition) is 4. The summed E-state index contributed by atoms with van der Waals surface area (Å²) in [6, 6.07) is 7.71. The maximum atomic E-state index is 9.05. The SMILES string of the molecule is Cc1nc(Sc2ccc(Br)cc2C#N)oc1C. The van der Waals surface area contributed by atoms with Crippen molar-refractivity contribution in [2.24, 2.45) is 0 Å². The molecule has 86 valence electrons. The van der Waals surface area contributed by atoms with E-state index in [0.29, 0.717) is 10.8 Å². The van der Waals surface area contributed by atoms with Crippen LogP contribution in [0.1, 0.15) is 17.0 Å². The lowest BCUT2D eigenvalue weighted by Crippen LogP contribution is -1.81. The van der Waals surface area contributed by atoms with Gasteiger partial charge in [-0.05, 0) is 43.8 Å². The highest BCUT2D eigenvalue weighted by molar-refractivity contribution is 9.10. The van der Waals surface area contributed by atoms with Crippen molar-refractivity contribution in [2.45, 2.75) is 24.0 Å². The fourth-order valence-electron chi connectivity index (χ4n) is 1.26. The smallest absolute Gasteiger partial charge is 0.261 e. The monoisotopic (exact) mass is 308 g/mol.